The van der Waals surface area contributed by atoms with E-state index in [4.69, 9.17) is 0 Å². The molecule has 0 saturated carbocycles. The van der Waals surface area contributed by atoms with Crippen molar-refractivity contribution in [3.05, 3.63) is 57.0 Å². The van der Waals surface area contributed by atoms with Crippen LogP contribution in [0.4, 0.5) is 5.69 Å². The lowest BCUT2D eigenvalue weighted by Gasteiger charge is -2.08. The van der Waals surface area contributed by atoms with Gasteiger partial charge in [0, 0.05) is 13.8 Å². The predicted molar refractivity (Wildman–Crippen MR) is 92.4 cm³/mol. The van der Waals surface area contributed by atoms with Crippen LogP contribution in [-0.4, -0.2) is 11.7 Å². The summed E-state index contributed by atoms with van der Waals surface area (Å²) in [5.74, 6) is 0.383. The molecule has 0 bridgehead atoms. The lowest BCUT2D eigenvalue weighted by molar-refractivity contribution is -0.113. The van der Waals surface area contributed by atoms with Crippen LogP contribution in [0.15, 0.2) is 56.3 Å². The summed E-state index contributed by atoms with van der Waals surface area (Å²) in [6, 6.07) is 13.7. The first kappa shape index (κ1) is 15.6. The summed E-state index contributed by atoms with van der Waals surface area (Å²) in [6.45, 7) is 2.05. The van der Waals surface area contributed by atoms with Crippen molar-refractivity contribution in [3.8, 4) is 0 Å². The first-order chi connectivity index (χ1) is 9.56. The molecule has 0 aliphatic carbocycles. The molecular formula is C15H13Br2NOS. The second kappa shape index (κ2) is 7.29. The minimum Gasteiger partial charge on any atom is -0.324 e. The number of rotatable bonds is 4. The van der Waals surface area contributed by atoms with Gasteiger partial charge in [-0.15, -0.1) is 11.8 Å². The first-order valence-electron chi connectivity index (χ1n) is 5.99. The van der Waals surface area contributed by atoms with E-state index >= 15 is 0 Å². The second-order valence-electron chi connectivity index (χ2n) is 4.23. The molecule has 0 atom stereocenters. The second-order valence-corrected chi connectivity index (χ2v) is 7.01. The zero-order valence-corrected chi connectivity index (χ0v) is 14.8. The lowest BCUT2D eigenvalue weighted by atomic mass is 10.2. The number of carbonyl (C=O) groups excluding carboxylic acids is 1. The fourth-order valence-electron chi connectivity index (χ4n) is 1.64. The van der Waals surface area contributed by atoms with Gasteiger partial charge in [0.15, 0.2) is 0 Å². The zero-order valence-electron chi connectivity index (χ0n) is 10.8. The van der Waals surface area contributed by atoms with E-state index in [0.717, 1.165) is 19.5 Å². The van der Waals surface area contributed by atoms with Crippen LogP contribution in [0.3, 0.4) is 0 Å². The Hall–Kier alpha value is -0.780. The van der Waals surface area contributed by atoms with Gasteiger partial charge in [-0.25, -0.2) is 0 Å². The Balaban J connectivity index is 1.94. The minimum absolute atomic E-state index is 0.0127. The molecule has 2 aromatic carbocycles. The molecule has 20 heavy (non-hydrogen) atoms. The summed E-state index contributed by atoms with van der Waals surface area (Å²) in [5, 5.41) is 2.90. The number of carbonyl (C=O) groups is 1. The topological polar surface area (TPSA) is 29.1 Å². The summed E-state index contributed by atoms with van der Waals surface area (Å²) in [5.41, 5.74) is 1.97. The van der Waals surface area contributed by atoms with Crippen LogP contribution < -0.4 is 5.32 Å². The van der Waals surface area contributed by atoms with Gasteiger partial charge in [-0.1, -0.05) is 34.1 Å². The molecule has 0 heterocycles. The number of anilines is 1. The van der Waals surface area contributed by atoms with E-state index in [1.165, 1.54) is 5.56 Å². The Morgan fingerprint density at radius 1 is 1.20 bits per heavy atom. The highest BCUT2D eigenvalue weighted by molar-refractivity contribution is 9.11. The number of aryl methyl sites for hydroxylation is 1. The minimum atomic E-state index is -0.0127. The van der Waals surface area contributed by atoms with Crippen LogP contribution in [0.25, 0.3) is 0 Å². The normalized spacial score (nSPS) is 10.3. The van der Waals surface area contributed by atoms with E-state index in [0.29, 0.717) is 5.75 Å². The molecule has 104 valence electrons. The number of halogens is 2. The third-order valence-electron chi connectivity index (χ3n) is 2.66. The van der Waals surface area contributed by atoms with Crippen molar-refractivity contribution in [2.24, 2.45) is 0 Å². The van der Waals surface area contributed by atoms with E-state index in [9.17, 15) is 4.79 Å². The quantitative estimate of drug-likeness (QED) is 0.692. The Kier molecular flexibility index (Phi) is 5.69. The Labute approximate surface area is 139 Å². The number of hydrogen-bond donors (Lipinski definition) is 1. The Morgan fingerprint density at radius 3 is 2.65 bits per heavy atom. The van der Waals surface area contributed by atoms with Crippen molar-refractivity contribution < 1.29 is 4.79 Å². The first-order valence-corrected chi connectivity index (χ1v) is 8.57. The highest BCUT2D eigenvalue weighted by Gasteiger charge is 2.07. The maximum Gasteiger partial charge on any atom is 0.234 e. The summed E-state index contributed by atoms with van der Waals surface area (Å²) >= 11 is 8.36. The lowest BCUT2D eigenvalue weighted by Crippen LogP contribution is -2.14. The van der Waals surface area contributed by atoms with Gasteiger partial charge >= 0.3 is 0 Å². The highest BCUT2D eigenvalue weighted by atomic mass is 79.9. The fourth-order valence-corrected chi connectivity index (χ4v) is 3.61. The predicted octanol–water partition coefficient (Wildman–Crippen LogP) is 5.25. The van der Waals surface area contributed by atoms with Crippen molar-refractivity contribution in [1.82, 2.24) is 0 Å². The van der Waals surface area contributed by atoms with Crippen molar-refractivity contribution in [1.29, 1.82) is 0 Å². The largest absolute Gasteiger partial charge is 0.324 e. The van der Waals surface area contributed by atoms with Crippen LogP contribution in [0, 0.1) is 6.92 Å². The molecule has 2 rings (SSSR count). The van der Waals surface area contributed by atoms with Gasteiger partial charge in [0.25, 0.3) is 0 Å². The van der Waals surface area contributed by atoms with Crippen LogP contribution in [-0.2, 0) is 4.79 Å². The maximum absolute atomic E-state index is 12.0. The molecule has 0 aliphatic heterocycles. The SMILES string of the molecule is Cc1ccccc1SCC(=O)Nc1ccc(Br)cc1Br. The van der Waals surface area contributed by atoms with Crippen LogP contribution in [0.2, 0.25) is 0 Å². The summed E-state index contributed by atoms with van der Waals surface area (Å²) in [4.78, 5) is 13.1. The molecule has 0 spiro atoms. The van der Waals surface area contributed by atoms with Gasteiger partial charge in [0.05, 0.1) is 11.4 Å². The number of hydrogen-bond acceptors (Lipinski definition) is 2. The molecule has 0 radical (unpaired) electrons. The summed E-state index contributed by atoms with van der Waals surface area (Å²) in [7, 11) is 0. The number of nitrogens with one attached hydrogen (secondary N) is 1. The van der Waals surface area contributed by atoms with Gasteiger partial charge in [-0.05, 0) is 52.7 Å². The van der Waals surface area contributed by atoms with Gasteiger partial charge in [-0.3, -0.25) is 4.79 Å². The maximum atomic E-state index is 12.0. The number of benzene rings is 2. The molecule has 2 aromatic rings. The van der Waals surface area contributed by atoms with Gasteiger partial charge in [0.2, 0.25) is 5.91 Å². The van der Waals surface area contributed by atoms with Crippen molar-refractivity contribution in [3.63, 3.8) is 0 Å². The van der Waals surface area contributed by atoms with E-state index in [-0.39, 0.29) is 5.91 Å². The van der Waals surface area contributed by atoms with Crippen molar-refractivity contribution in [2.75, 3.05) is 11.1 Å². The number of amides is 1. The third kappa shape index (κ3) is 4.36. The molecular weight excluding hydrogens is 402 g/mol. The molecule has 0 saturated heterocycles. The molecule has 0 aromatic heterocycles. The van der Waals surface area contributed by atoms with E-state index in [2.05, 4.69) is 37.2 Å². The third-order valence-corrected chi connectivity index (χ3v) is 4.98. The Bertz CT molecular complexity index is 631. The standard InChI is InChI=1S/C15H13Br2NOS/c1-10-4-2-3-5-14(10)20-9-15(19)18-13-7-6-11(16)8-12(13)17/h2-8H,9H2,1H3,(H,18,19). The molecule has 5 heteroatoms. The summed E-state index contributed by atoms with van der Waals surface area (Å²) < 4.78 is 1.83. The van der Waals surface area contributed by atoms with E-state index < -0.39 is 0 Å². The number of thioether (sulfide) groups is 1. The monoisotopic (exact) mass is 413 g/mol. The van der Waals surface area contributed by atoms with Crippen LogP contribution in [0.1, 0.15) is 5.56 Å². The van der Waals surface area contributed by atoms with Gasteiger partial charge < -0.3 is 5.32 Å². The van der Waals surface area contributed by atoms with Gasteiger partial charge in [0.1, 0.15) is 0 Å². The molecule has 2 nitrogen and oxygen atoms in total. The molecule has 0 aliphatic rings. The average molecular weight is 415 g/mol. The molecule has 0 fully saturated rings. The Morgan fingerprint density at radius 2 is 1.95 bits per heavy atom. The zero-order chi connectivity index (χ0) is 14.5. The van der Waals surface area contributed by atoms with Crippen molar-refractivity contribution in [2.45, 2.75) is 11.8 Å². The van der Waals surface area contributed by atoms with Crippen LogP contribution in [0.5, 0.6) is 0 Å². The van der Waals surface area contributed by atoms with Crippen molar-refractivity contribution >= 4 is 55.2 Å². The summed E-state index contributed by atoms with van der Waals surface area (Å²) in [6.07, 6.45) is 0. The highest BCUT2D eigenvalue weighted by Crippen LogP contribution is 2.27. The average Bonchev–Trinajstić information content (AvgIpc) is 2.41. The molecule has 1 amide bonds. The smallest absolute Gasteiger partial charge is 0.234 e. The van der Waals surface area contributed by atoms with E-state index in [1.807, 2.05) is 49.4 Å². The molecule has 1 N–H and O–H groups in total. The van der Waals surface area contributed by atoms with E-state index in [1.54, 1.807) is 11.8 Å². The fraction of sp³-hybridized carbons (Fsp3) is 0.133. The van der Waals surface area contributed by atoms with Gasteiger partial charge in [-0.2, -0.15) is 0 Å². The van der Waals surface area contributed by atoms with Crippen LogP contribution >= 0.6 is 43.6 Å². The molecule has 0 unspecified atom stereocenters.